The minimum absolute atomic E-state index is 0.114. The molecule has 116 valence electrons. The lowest BCUT2D eigenvalue weighted by molar-refractivity contribution is 0.101. The first kappa shape index (κ1) is 15.8. The third-order valence-electron chi connectivity index (χ3n) is 4.62. The van der Waals surface area contributed by atoms with Gasteiger partial charge in [-0.25, -0.2) is 4.79 Å². The van der Waals surface area contributed by atoms with E-state index in [-0.39, 0.29) is 11.6 Å². The Hall–Kier alpha value is -1.55. The van der Waals surface area contributed by atoms with Crippen molar-refractivity contribution in [1.82, 2.24) is 10.2 Å². The van der Waals surface area contributed by atoms with Gasteiger partial charge in [-0.1, -0.05) is 37.0 Å². The van der Waals surface area contributed by atoms with Crippen molar-refractivity contribution in [1.29, 1.82) is 0 Å². The van der Waals surface area contributed by atoms with Gasteiger partial charge >= 0.3 is 6.03 Å². The molecule has 1 saturated carbocycles. The van der Waals surface area contributed by atoms with Crippen molar-refractivity contribution in [2.75, 3.05) is 26.0 Å². The van der Waals surface area contributed by atoms with E-state index in [0.717, 1.165) is 18.5 Å². The zero-order valence-electron chi connectivity index (χ0n) is 13.4. The van der Waals surface area contributed by atoms with Crippen LogP contribution in [-0.4, -0.2) is 37.1 Å². The van der Waals surface area contributed by atoms with Gasteiger partial charge in [-0.05, 0) is 46.0 Å². The number of aryl methyl sites for hydroxylation is 1. The summed E-state index contributed by atoms with van der Waals surface area (Å²) in [6.45, 7) is 2.74. The van der Waals surface area contributed by atoms with Crippen LogP contribution in [0.1, 0.15) is 37.7 Å². The lowest BCUT2D eigenvalue weighted by Gasteiger charge is -2.43. The predicted molar refractivity (Wildman–Crippen MR) is 87.7 cm³/mol. The number of anilines is 1. The fourth-order valence-corrected chi connectivity index (χ4v) is 3.05. The molecule has 0 heterocycles. The van der Waals surface area contributed by atoms with Crippen LogP contribution in [0.5, 0.6) is 0 Å². The lowest BCUT2D eigenvalue weighted by atomic mass is 9.80. The molecule has 0 spiro atoms. The number of urea groups is 1. The normalized spacial score (nSPS) is 17.5. The molecule has 0 aromatic heterocycles. The molecule has 0 aliphatic heterocycles. The van der Waals surface area contributed by atoms with Crippen LogP contribution >= 0.6 is 0 Å². The number of hydrogen-bond donors (Lipinski definition) is 2. The molecule has 0 radical (unpaired) electrons. The number of carbonyl (C=O) groups is 1. The van der Waals surface area contributed by atoms with E-state index in [1.165, 1.54) is 24.8 Å². The Kier molecular flexibility index (Phi) is 5.23. The minimum Gasteiger partial charge on any atom is -0.336 e. The summed E-state index contributed by atoms with van der Waals surface area (Å²) in [5.41, 5.74) is 2.14. The van der Waals surface area contributed by atoms with Gasteiger partial charge in [-0.15, -0.1) is 0 Å². The highest BCUT2D eigenvalue weighted by Crippen LogP contribution is 2.31. The number of benzene rings is 1. The van der Waals surface area contributed by atoms with E-state index >= 15 is 0 Å². The van der Waals surface area contributed by atoms with Crippen LogP contribution in [0.25, 0.3) is 0 Å². The maximum atomic E-state index is 12.1. The number of likely N-dealkylation sites (N-methyl/N-ethyl adjacent to an activating group) is 1. The Bertz CT molecular complexity index is 461. The monoisotopic (exact) mass is 289 g/mol. The number of nitrogens with zero attached hydrogens (tertiary/aromatic N) is 1. The lowest BCUT2D eigenvalue weighted by Crippen LogP contribution is -2.54. The molecule has 1 aliphatic rings. The third kappa shape index (κ3) is 4.21. The molecule has 2 amide bonds. The van der Waals surface area contributed by atoms with E-state index in [0.29, 0.717) is 6.54 Å². The Morgan fingerprint density at radius 1 is 1.14 bits per heavy atom. The molecule has 1 aromatic rings. The highest BCUT2D eigenvalue weighted by Gasteiger charge is 2.34. The molecule has 0 unspecified atom stereocenters. The molecule has 4 heteroatoms. The van der Waals surface area contributed by atoms with Crippen LogP contribution in [0.2, 0.25) is 0 Å². The van der Waals surface area contributed by atoms with E-state index in [1.54, 1.807) is 0 Å². The number of amides is 2. The first-order valence-corrected chi connectivity index (χ1v) is 7.81. The number of nitrogens with one attached hydrogen (secondary N) is 2. The fourth-order valence-electron chi connectivity index (χ4n) is 3.05. The standard InChI is InChI=1S/C17H27N3O/c1-14-7-9-15(10-8-14)19-16(21)18-13-17(20(2)3)11-5-4-6-12-17/h7-10H,4-6,11-13H2,1-3H3,(H2,18,19,21). The van der Waals surface area contributed by atoms with Crippen molar-refractivity contribution in [3.05, 3.63) is 29.8 Å². The molecular formula is C17H27N3O. The van der Waals surface area contributed by atoms with Gasteiger partial charge in [0, 0.05) is 17.8 Å². The molecule has 0 atom stereocenters. The van der Waals surface area contributed by atoms with Crippen LogP contribution in [0.15, 0.2) is 24.3 Å². The summed E-state index contributed by atoms with van der Waals surface area (Å²) >= 11 is 0. The molecule has 2 rings (SSSR count). The number of rotatable bonds is 4. The van der Waals surface area contributed by atoms with Crippen LogP contribution in [0, 0.1) is 6.92 Å². The summed E-state index contributed by atoms with van der Waals surface area (Å²) < 4.78 is 0. The summed E-state index contributed by atoms with van der Waals surface area (Å²) in [4.78, 5) is 14.3. The minimum atomic E-state index is -0.120. The Labute approximate surface area is 127 Å². The van der Waals surface area contributed by atoms with E-state index in [1.807, 2.05) is 31.2 Å². The highest BCUT2D eigenvalue weighted by atomic mass is 16.2. The van der Waals surface area contributed by atoms with Gasteiger partial charge in [-0.3, -0.25) is 0 Å². The van der Waals surface area contributed by atoms with Crippen LogP contribution in [0.3, 0.4) is 0 Å². The molecule has 0 saturated heterocycles. The second-order valence-electron chi connectivity index (χ2n) is 6.35. The van der Waals surface area contributed by atoms with Gasteiger partial charge in [0.1, 0.15) is 0 Å². The third-order valence-corrected chi connectivity index (χ3v) is 4.62. The van der Waals surface area contributed by atoms with Gasteiger partial charge in [0.15, 0.2) is 0 Å². The van der Waals surface area contributed by atoms with E-state index in [9.17, 15) is 4.79 Å². The van der Waals surface area contributed by atoms with Gasteiger partial charge in [0.05, 0.1) is 0 Å². The van der Waals surface area contributed by atoms with Gasteiger partial charge < -0.3 is 15.5 Å². The summed E-state index contributed by atoms with van der Waals surface area (Å²) in [6.07, 6.45) is 6.12. The second kappa shape index (κ2) is 6.94. The maximum Gasteiger partial charge on any atom is 0.319 e. The van der Waals surface area contributed by atoms with Gasteiger partial charge in [0.2, 0.25) is 0 Å². The summed E-state index contributed by atoms with van der Waals surface area (Å²) in [5, 5.41) is 5.94. The van der Waals surface area contributed by atoms with Gasteiger partial charge in [-0.2, -0.15) is 0 Å². The molecule has 0 bridgehead atoms. The van der Waals surface area contributed by atoms with Crippen LogP contribution in [0.4, 0.5) is 10.5 Å². The average Bonchev–Trinajstić information content (AvgIpc) is 2.48. The first-order valence-electron chi connectivity index (χ1n) is 7.81. The summed E-state index contributed by atoms with van der Waals surface area (Å²) in [7, 11) is 4.23. The smallest absolute Gasteiger partial charge is 0.319 e. The topological polar surface area (TPSA) is 44.4 Å². The van der Waals surface area contributed by atoms with E-state index < -0.39 is 0 Å². The average molecular weight is 289 g/mol. The Balaban J connectivity index is 1.88. The Morgan fingerprint density at radius 2 is 1.76 bits per heavy atom. The maximum absolute atomic E-state index is 12.1. The van der Waals surface area contributed by atoms with Gasteiger partial charge in [0.25, 0.3) is 0 Å². The molecule has 1 aromatic carbocycles. The molecule has 21 heavy (non-hydrogen) atoms. The molecular weight excluding hydrogens is 262 g/mol. The number of carbonyl (C=O) groups excluding carboxylic acids is 1. The zero-order valence-corrected chi connectivity index (χ0v) is 13.4. The van der Waals surface area contributed by atoms with Crippen molar-refractivity contribution >= 4 is 11.7 Å². The SMILES string of the molecule is Cc1ccc(NC(=O)NCC2(N(C)C)CCCCC2)cc1. The molecule has 4 nitrogen and oxygen atoms in total. The van der Waals surface area contributed by atoms with Crippen molar-refractivity contribution in [3.8, 4) is 0 Å². The quantitative estimate of drug-likeness (QED) is 0.892. The van der Waals surface area contributed by atoms with Crippen LogP contribution < -0.4 is 10.6 Å². The van der Waals surface area contributed by atoms with Crippen molar-refractivity contribution in [2.24, 2.45) is 0 Å². The molecule has 1 aliphatic carbocycles. The highest BCUT2D eigenvalue weighted by molar-refractivity contribution is 5.89. The second-order valence-corrected chi connectivity index (χ2v) is 6.35. The number of hydrogen-bond acceptors (Lipinski definition) is 2. The van der Waals surface area contributed by atoms with Crippen molar-refractivity contribution in [2.45, 2.75) is 44.6 Å². The van der Waals surface area contributed by atoms with Crippen LogP contribution in [-0.2, 0) is 0 Å². The van der Waals surface area contributed by atoms with Crippen molar-refractivity contribution in [3.63, 3.8) is 0 Å². The van der Waals surface area contributed by atoms with E-state index in [4.69, 9.17) is 0 Å². The summed E-state index contributed by atoms with van der Waals surface area (Å²) in [5.74, 6) is 0. The van der Waals surface area contributed by atoms with E-state index in [2.05, 4.69) is 29.6 Å². The fraction of sp³-hybridized carbons (Fsp3) is 0.588. The molecule has 1 fully saturated rings. The molecule has 2 N–H and O–H groups in total. The largest absolute Gasteiger partial charge is 0.336 e. The zero-order chi connectivity index (χ0) is 15.3. The Morgan fingerprint density at radius 3 is 2.33 bits per heavy atom. The predicted octanol–water partition coefficient (Wildman–Crippen LogP) is 3.38. The van der Waals surface area contributed by atoms with Crippen molar-refractivity contribution < 1.29 is 4.79 Å². The first-order chi connectivity index (χ1) is 10.0. The summed E-state index contributed by atoms with van der Waals surface area (Å²) in [6, 6.07) is 7.73.